The van der Waals surface area contributed by atoms with E-state index in [0.717, 1.165) is 25.2 Å². The number of para-hydroxylation sites is 1. The molecule has 0 bridgehead atoms. The summed E-state index contributed by atoms with van der Waals surface area (Å²) in [5, 5.41) is 6.47. The molecular weight excluding hydrogens is 214 g/mol. The van der Waals surface area contributed by atoms with Gasteiger partial charge in [-0.25, -0.2) is 0 Å². The third kappa shape index (κ3) is 2.68. The molecule has 1 atom stereocenters. The zero-order chi connectivity index (χ0) is 11.4. The molecule has 5 heteroatoms. The van der Waals surface area contributed by atoms with Crippen molar-refractivity contribution in [1.29, 1.82) is 0 Å². The van der Waals surface area contributed by atoms with Crippen LogP contribution in [0.2, 0.25) is 0 Å². The van der Waals surface area contributed by atoms with E-state index in [2.05, 4.69) is 15.4 Å². The van der Waals surface area contributed by atoms with Crippen LogP contribution in [0.3, 0.4) is 0 Å². The molecule has 1 saturated heterocycles. The summed E-state index contributed by atoms with van der Waals surface area (Å²) < 4.78 is 28.9. The summed E-state index contributed by atoms with van der Waals surface area (Å²) in [6.07, 6.45) is 0. The van der Waals surface area contributed by atoms with E-state index >= 15 is 0 Å². The standard InChI is InChI=1S/C11H14F2N2O/c12-11(13)16-10-4-2-1-3-8(10)9-7-14-5-6-15-9/h1-4,9,11,14-15H,5-7H2. The Morgan fingerprint density at radius 2 is 2.06 bits per heavy atom. The largest absolute Gasteiger partial charge is 0.434 e. The minimum Gasteiger partial charge on any atom is -0.434 e. The fourth-order valence-electron chi connectivity index (χ4n) is 1.84. The first-order valence-corrected chi connectivity index (χ1v) is 5.25. The summed E-state index contributed by atoms with van der Waals surface area (Å²) in [5.74, 6) is 0.249. The summed E-state index contributed by atoms with van der Waals surface area (Å²) in [5.41, 5.74) is 0.773. The second kappa shape index (κ2) is 5.23. The molecular formula is C11H14F2N2O. The van der Waals surface area contributed by atoms with Crippen LogP contribution in [-0.4, -0.2) is 26.2 Å². The van der Waals surface area contributed by atoms with Gasteiger partial charge in [0.1, 0.15) is 5.75 Å². The molecule has 0 aliphatic carbocycles. The van der Waals surface area contributed by atoms with Gasteiger partial charge in [0, 0.05) is 31.2 Å². The average Bonchev–Trinajstić information content (AvgIpc) is 2.30. The van der Waals surface area contributed by atoms with Crippen LogP contribution in [-0.2, 0) is 0 Å². The zero-order valence-corrected chi connectivity index (χ0v) is 8.75. The predicted octanol–water partition coefficient (Wildman–Crippen LogP) is 1.52. The van der Waals surface area contributed by atoms with Gasteiger partial charge in [-0.2, -0.15) is 8.78 Å². The SMILES string of the molecule is FC(F)Oc1ccccc1C1CNCCN1. The second-order valence-electron chi connectivity index (χ2n) is 3.63. The maximum atomic E-state index is 12.2. The first kappa shape index (κ1) is 11.3. The smallest absolute Gasteiger partial charge is 0.387 e. The number of rotatable bonds is 3. The van der Waals surface area contributed by atoms with Gasteiger partial charge in [0.05, 0.1) is 0 Å². The molecule has 3 nitrogen and oxygen atoms in total. The summed E-state index contributed by atoms with van der Waals surface area (Å²) in [7, 11) is 0. The second-order valence-corrected chi connectivity index (χ2v) is 3.63. The van der Waals surface area contributed by atoms with Crippen molar-refractivity contribution in [2.75, 3.05) is 19.6 Å². The molecule has 16 heavy (non-hydrogen) atoms. The van der Waals surface area contributed by atoms with E-state index in [-0.39, 0.29) is 11.8 Å². The molecule has 0 amide bonds. The minimum atomic E-state index is -2.78. The molecule has 1 unspecified atom stereocenters. The Morgan fingerprint density at radius 3 is 2.75 bits per heavy atom. The van der Waals surface area contributed by atoms with Crippen LogP contribution in [0.15, 0.2) is 24.3 Å². The van der Waals surface area contributed by atoms with Crippen LogP contribution >= 0.6 is 0 Å². The van der Waals surface area contributed by atoms with Gasteiger partial charge in [0.2, 0.25) is 0 Å². The molecule has 88 valence electrons. The van der Waals surface area contributed by atoms with Crippen molar-refractivity contribution in [2.24, 2.45) is 0 Å². The van der Waals surface area contributed by atoms with Gasteiger partial charge in [-0.15, -0.1) is 0 Å². The van der Waals surface area contributed by atoms with Gasteiger partial charge in [0.25, 0.3) is 0 Å². The third-order valence-corrected chi connectivity index (χ3v) is 2.55. The number of alkyl halides is 2. The van der Waals surface area contributed by atoms with Gasteiger partial charge >= 0.3 is 6.61 Å². The predicted molar refractivity (Wildman–Crippen MR) is 56.7 cm³/mol. The van der Waals surface area contributed by atoms with Crippen molar-refractivity contribution in [2.45, 2.75) is 12.7 Å². The molecule has 1 fully saturated rings. The average molecular weight is 228 g/mol. The van der Waals surface area contributed by atoms with Crippen LogP contribution in [0.25, 0.3) is 0 Å². The van der Waals surface area contributed by atoms with Crippen LogP contribution in [0.5, 0.6) is 5.75 Å². The molecule has 1 heterocycles. The monoisotopic (exact) mass is 228 g/mol. The van der Waals surface area contributed by atoms with E-state index in [0.29, 0.717) is 0 Å². The Hall–Kier alpha value is -1.20. The van der Waals surface area contributed by atoms with Crippen molar-refractivity contribution in [3.05, 3.63) is 29.8 Å². The maximum absolute atomic E-state index is 12.2. The van der Waals surface area contributed by atoms with Crippen molar-refractivity contribution in [3.63, 3.8) is 0 Å². The molecule has 2 N–H and O–H groups in total. The van der Waals surface area contributed by atoms with Gasteiger partial charge < -0.3 is 15.4 Å². The quantitative estimate of drug-likeness (QED) is 0.823. The topological polar surface area (TPSA) is 33.3 Å². The lowest BCUT2D eigenvalue weighted by Gasteiger charge is -2.26. The van der Waals surface area contributed by atoms with Crippen LogP contribution in [0.4, 0.5) is 8.78 Å². The number of benzene rings is 1. The number of hydrogen-bond donors (Lipinski definition) is 2. The summed E-state index contributed by atoms with van der Waals surface area (Å²) in [4.78, 5) is 0. The van der Waals surface area contributed by atoms with E-state index in [1.807, 2.05) is 12.1 Å². The molecule has 1 aliphatic heterocycles. The normalized spacial score (nSPS) is 21.1. The zero-order valence-electron chi connectivity index (χ0n) is 8.75. The van der Waals surface area contributed by atoms with E-state index in [9.17, 15) is 8.78 Å². The number of halogens is 2. The van der Waals surface area contributed by atoms with E-state index in [4.69, 9.17) is 0 Å². The van der Waals surface area contributed by atoms with Crippen LogP contribution in [0.1, 0.15) is 11.6 Å². The molecule has 0 spiro atoms. The molecule has 0 radical (unpaired) electrons. The van der Waals surface area contributed by atoms with Crippen molar-refractivity contribution in [3.8, 4) is 5.75 Å². The molecule has 1 aromatic rings. The third-order valence-electron chi connectivity index (χ3n) is 2.55. The van der Waals surface area contributed by atoms with Crippen molar-refractivity contribution in [1.82, 2.24) is 10.6 Å². The van der Waals surface area contributed by atoms with Crippen molar-refractivity contribution < 1.29 is 13.5 Å². The van der Waals surface area contributed by atoms with Gasteiger partial charge in [-0.05, 0) is 6.07 Å². The summed E-state index contributed by atoms with van der Waals surface area (Å²) in [6.45, 7) is -0.330. The molecule has 1 aromatic carbocycles. The lowest BCUT2D eigenvalue weighted by molar-refractivity contribution is -0.0507. The summed E-state index contributed by atoms with van der Waals surface area (Å²) in [6, 6.07) is 6.92. The minimum absolute atomic E-state index is 0.0312. The Kier molecular flexibility index (Phi) is 3.69. The first-order chi connectivity index (χ1) is 7.77. The number of ether oxygens (including phenoxy) is 1. The van der Waals surface area contributed by atoms with Gasteiger partial charge in [-0.1, -0.05) is 18.2 Å². The molecule has 1 aliphatic rings. The summed E-state index contributed by atoms with van der Waals surface area (Å²) >= 11 is 0. The van der Waals surface area contributed by atoms with Gasteiger partial charge in [0.15, 0.2) is 0 Å². The van der Waals surface area contributed by atoms with E-state index < -0.39 is 6.61 Å². The van der Waals surface area contributed by atoms with E-state index in [1.54, 1.807) is 12.1 Å². The highest BCUT2D eigenvalue weighted by molar-refractivity contribution is 5.36. The number of hydrogen-bond acceptors (Lipinski definition) is 3. The first-order valence-electron chi connectivity index (χ1n) is 5.25. The lowest BCUT2D eigenvalue weighted by Crippen LogP contribution is -2.42. The van der Waals surface area contributed by atoms with Crippen LogP contribution < -0.4 is 15.4 Å². The Bertz CT molecular complexity index is 341. The van der Waals surface area contributed by atoms with Gasteiger partial charge in [-0.3, -0.25) is 0 Å². The van der Waals surface area contributed by atoms with Crippen molar-refractivity contribution >= 4 is 0 Å². The number of piperazine rings is 1. The Morgan fingerprint density at radius 1 is 1.25 bits per heavy atom. The Labute approximate surface area is 92.8 Å². The highest BCUT2D eigenvalue weighted by atomic mass is 19.3. The van der Waals surface area contributed by atoms with E-state index in [1.165, 1.54) is 0 Å². The maximum Gasteiger partial charge on any atom is 0.387 e. The highest BCUT2D eigenvalue weighted by Gasteiger charge is 2.19. The number of nitrogens with one attached hydrogen (secondary N) is 2. The van der Waals surface area contributed by atoms with Crippen LogP contribution in [0, 0.1) is 0 Å². The Balaban J connectivity index is 2.17. The lowest BCUT2D eigenvalue weighted by atomic mass is 10.0. The molecule has 0 aromatic heterocycles. The fourth-order valence-corrected chi connectivity index (χ4v) is 1.84. The molecule has 2 rings (SSSR count). The molecule has 0 saturated carbocycles. The highest BCUT2D eigenvalue weighted by Crippen LogP contribution is 2.26. The fraction of sp³-hybridized carbons (Fsp3) is 0.455.